The van der Waals surface area contributed by atoms with E-state index in [2.05, 4.69) is 5.32 Å². The number of hydrogen-bond acceptors (Lipinski definition) is 2. The highest BCUT2D eigenvalue weighted by Crippen LogP contribution is 2.29. The molecule has 0 fully saturated rings. The molecule has 0 spiro atoms. The number of nitrogens with one attached hydrogen (secondary N) is 1. The number of amides is 1. The maximum Gasteiger partial charge on any atom is 0.416 e. The summed E-state index contributed by atoms with van der Waals surface area (Å²) in [6.45, 7) is 1.76. The molecule has 0 aromatic heterocycles. The first-order chi connectivity index (χ1) is 9.25. The van der Waals surface area contributed by atoms with Crippen molar-refractivity contribution < 1.29 is 27.9 Å². The second kappa shape index (κ2) is 6.40. The fourth-order valence-electron chi connectivity index (χ4n) is 1.60. The highest BCUT2D eigenvalue weighted by molar-refractivity contribution is 5.96. The molecule has 1 aromatic carbocycles. The predicted molar refractivity (Wildman–Crippen MR) is 65.2 cm³/mol. The van der Waals surface area contributed by atoms with Gasteiger partial charge in [0.15, 0.2) is 0 Å². The van der Waals surface area contributed by atoms with E-state index in [4.69, 9.17) is 5.11 Å². The van der Waals surface area contributed by atoms with E-state index in [1.807, 2.05) is 0 Å². The van der Waals surface area contributed by atoms with Gasteiger partial charge in [0.05, 0.1) is 5.56 Å². The lowest BCUT2D eigenvalue weighted by Crippen LogP contribution is -2.40. The SMILES string of the molecule is CCC[C@@H](NC(=O)c1ccc(C(F)(F)F)cc1)C(=O)O. The minimum atomic E-state index is -4.47. The molecule has 0 saturated carbocycles. The van der Waals surface area contributed by atoms with Gasteiger partial charge < -0.3 is 10.4 Å². The van der Waals surface area contributed by atoms with Crippen LogP contribution < -0.4 is 5.32 Å². The number of aliphatic carboxylic acids is 1. The van der Waals surface area contributed by atoms with E-state index in [1.54, 1.807) is 6.92 Å². The average Bonchev–Trinajstić information content (AvgIpc) is 2.37. The zero-order valence-corrected chi connectivity index (χ0v) is 10.7. The second-order valence-corrected chi connectivity index (χ2v) is 4.23. The largest absolute Gasteiger partial charge is 0.480 e. The molecule has 4 nitrogen and oxygen atoms in total. The van der Waals surface area contributed by atoms with Gasteiger partial charge in [-0.3, -0.25) is 4.79 Å². The van der Waals surface area contributed by atoms with Gasteiger partial charge in [-0.1, -0.05) is 13.3 Å². The van der Waals surface area contributed by atoms with E-state index >= 15 is 0 Å². The molecule has 2 N–H and O–H groups in total. The third-order valence-electron chi connectivity index (χ3n) is 2.66. The van der Waals surface area contributed by atoms with Crippen LogP contribution in [-0.4, -0.2) is 23.0 Å². The highest BCUT2D eigenvalue weighted by atomic mass is 19.4. The number of hydrogen-bond donors (Lipinski definition) is 2. The Labute approximate surface area is 113 Å². The zero-order chi connectivity index (χ0) is 15.3. The van der Waals surface area contributed by atoms with E-state index < -0.39 is 29.7 Å². The molecule has 0 aliphatic heterocycles. The van der Waals surface area contributed by atoms with E-state index in [1.165, 1.54) is 0 Å². The lowest BCUT2D eigenvalue weighted by atomic mass is 10.1. The molecule has 1 rings (SSSR count). The second-order valence-electron chi connectivity index (χ2n) is 4.23. The fourth-order valence-corrected chi connectivity index (χ4v) is 1.60. The number of carboxylic acids is 1. The van der Waals surface area contributed by atoms with Crippen LogP contribution >= 0.6 is 0 Å². The first kappa shape index (κ1) is 16.0. The van der Waals surface area contributed by atoms with Crippen molar-refractivity contribution in [3.05, 3.63) is 35.4 Å². The van der Waals surface area contributed by atoms with Crippen LogP contribution in [0, 0.1) is 0 Å². The molecule has 1 atom stereocenters. The molecule has 0 bridgehead atoms. The van der Waals surface area contributed by atoms with Crippen molar-refractivity contribution >= 4 is 11.9 Å². The highest BCUT2D eigenvalue weighted by Gasteiger charge is 2.30. The molecule has 0 aliphatic carbocycles. The van der Waals surface area contributed by atoms with Gasteiger partial charge >= 0.3 is 12.1 Å². The van der Waals surface area contributed by atoms with Gasteiger partial charge in [0, 0.05) is 5.56 Å². The molecule has 7 heteroatoms. The lowest BCUT2D eigenvalue weighted by molar-refractivity contribution is -0.139. The van der Waals surface area contributed by atoms with Crippen LogP contribution in [0.1, 0.15) is 35.7 Å². The summed E-state index contributed by atoms with van der Waals surface area (Å²) in [6, 6.07) is 2.55. The van der Waals surface area contributed by atoms with Crippen molar-refractivity contribution in [1.29, 1.82) is 0 Å². The van der Waals surface area contributed by atoms with Crippen molar-refractivity contribution in [2.45, 2.75) is 32.0 Å². The Kier molecular flexibility index (Phi) is 5.12. The minimum Gasteiger partial charge on any atom is -0.480 e. The summed E-state index contributed by atoms with van der Waals surface area (Å²) in [5.41, 5.74) is -0.877. The number of carboxylic acid groups (broad SMARTS) is 1. The van der Waals surface area contributed by atoms with Gasteiger partial charge in [-0.2, -0.15) is 13.2 Å². The van der Waals surface area contributed by atoms with Crippen LogP contribution in [-0.2, 0) is 11.0 Å². The van der Waals surface area contributed by atoms with Crippen LogP contribution in [0.3, 0.4) is 0 Å². The molecule has 0 radical (unpaired) electrons. The van der Waals surface area contributed by atoms with Gasteiger partial charge in [-0.15, -0.1) is 0 Å². The summed E-state index contributed by atoms with van der Waals surface area (Å²) in [4.78, 5) is 22.6. The fraction of sp³-hybridized carbons (Fsp3) is 0.385. The van der Waals surface area contributed by atoms with E-state index in [0.717, 1.165) is 24.3 Å². The maximum absolute atomic E-state index is 12.4. The third kappa shape index (κ3) is 4.25. The van der Waals surface area contributed by atoms with Gasteiger partial charge in [0.25, 0.3) is 5.91 Å². The quantitative estimate of drug-likeness (QED) is 0.875. The zero-order valence-electron chi connectivity index (χ0n) is 10.7. The summed E-state index contributed by atoms with van der Waals surface area (Å²) in [7, 11) is 0. The van der Waals surface area contributed by atoms with Gasteiger partial charge in [0.1, 0.15) is 6.04 Å². The van der Waals surface area contributed by atoms with Crippen LogP contribution in [0.5, 0.6) is 0 Å². The average molecular weight is 289 g/mol. The lowest BCUT2D eigenvalue weighted by Gasteiger charge is -2.14. The van der Waals surface area contributed by atoms with Gasteiger partial charge in [0.2, 0.25) is 0 Å². The Morgan fingerprint density at radius 1 is 1.25 bits per heavy atom. The molecule has 0 heterocycles. The summed E-state index contributed by atoms with van der Waals surface area (Å²) in [5, 5.41) is 11.2. The molecular weight excluding hydrogens is 275 g/mol. The Morgan fingerprint density at radius 2 is 1.80 bits per heavy atom. The molecular formula is C13H14F3NO3. The van der Waals surface area contributed by atoms with Crippen LogP contribution in [0.15, 0.2) is 24.3 Å². The first-order valence-electron chi connectivity index (χ1n) is 5.96. The normalized spacial score (nSPS) is 12.8. The van der Waals surface area contributed by atoms with Gasteiger partial charge in [-0.05, 0) is 30.7 Å². The molecule has 110 valence electrons. The van der Waals surface area contributed by atoms with Crippen molar-refractivity contribution in [2.75, 3.05) is 0 Å². The number of rotatable bonds is 5. The van der Waals surface area contributed by atoms with Gasteiger partial charge in [-0.25, -0.2) is 4.79 Å². The van der Waals surface area contributed by atoms with Crippen molar-refractivity contribution in [2.24, 2.45) is 0 Å². The molecule has 0 aliphatic rings. The van der Waals surface area contributed by atoms with Crippen LogP contribution in [0.2, 0.25) is 0 Å². The molecule has 20 heavy (non-hydrogen) atoms. The topological polar surface area (TPSA) is 66.4 Å². The van der Waals surface area contributed by atoms with Crippen molar-refractivity contribution in [1.82, 2.24) is 5.32 Å². The molecule has 1 aromatic rings. The summed E-state index contributed by atoms with van der Waals surface area (Å²) >= 11 is 0. The van der Waals surface area contributed by atoms with Crippen LogP contribution in [0.25, 0.3) is 0 Å². The predicted octanol–water partition coefficient (Wildman–Crippen LogP) is 2.69. The Balaban J connectivity index is 2.80. The van der Waals surface area contributed by atoms with Crippen molar-refractivity contribution in [3.63, 3.8) is 0 Å². The molecule has 0 saturated heterocycles. The Bertz CT molecular complexity index is 483. The molecule has 0 unspecified atom stereocenters. The monoisotopic (exact) mass is 289 g/mol. The number of benzene rings is 1. The van der Waals surface area contributed by atoms with E-state index in [9.17, 15) is 22.8 Å². The summed E-state index contributed by atoms with van der Waals surface area (Å²) in [6.07, 6.45) is -3.66. The third-order valence-corrected chi connectivity index (χ3v) is 2.66. The summed E-state index contributed by atoms with van der Waals surface area (Å²) < 4.78 is 37.1. The number of carbonyl (C=O) groups is 2. The van der Waals surface area contributed by atoms with E-state index in [0.29, 0.717) is 6.42 Å². The number of alkyl halides is 3. The maximum atomic E-state index is 12.4. The smallest absolute Gasteiger partial charge is 0.416 e. The number of halogens is 3. The molecule has 1 amide bonds. The van der Waals surface area contributed by atoms with Crippen molar-refractivity contribution in [3.8, 4) is 0 Å². The summed E-state index contributed by atoms with van der Waals surface area (Å²) in [5.74, 6) is -1.88. The van der Waals surface area contributed by atoms with E-state index in [-0.39, 0.29) is 12.0 Å². The number of carbonyl (C=O) groups excluding carboxylic acids is 1. The first-order valence-corrected chi connectivity index (χ1v) is 5.96. The Hall–Kier alpha value is -2.05. The van der Waals surface area contributed by atoms with Crippen LogP contribution in [0.4, 0.5) is 13.2 Å². The minimum absolute atomic E-state index is 0.0136. The standard InChI is InChI=1S/C13H14F3NO3/c1-2-3-10(12(19)20)17-11(18)8-4-6-9(7-5-8)13(14,15)16/h4-7,10H,2-3H2,1H3,(H,17,18)(H,19,20)/t10-/m1/s1. The Morgan fingerprint density at radius 3 is 2.20 bits per heavy atom.